The largest absolute Gasteiger partial charge is 0.396 e. The summed E-state index contributed by atoms with van der Waals surface area (Å²) in [5.41, 5.74) is 0.930. The highest BCUT2D eigenvalue weighted by atomic mass is 32.2. The number of urea groups is 1. The number of carbonyl (C=O) groups is 1. The molecular formula is C17H22N4O4S. The Bertz CT molecular complexity index is 810. The summed E-state index contributed by atoms with van der Waals surface area (Å²) in [5, 5.41) is 14.5. The Labute approximate surface area is 152 Å². The molecule has 0 aliphatic carbocycles. The van der Waals surface area contributed by atoms with Crippen LogP contribution in [0.5, 0.6) is 0 Å². The van der Waals surface area contributed by atoms with Crippen molar-refractivity contribution in [2.24, 2.45) is 0 Å². The Morgan fingerprint density at radius 1 is 1.19 bits per heavy atom. The van der Waals surface area contributed by atoms with Gasteiger partial charge in [-0.2, -0.15) is 0 Å². The van der Waals surface area contributed by atoms with E-state index >= 15 is 0 Å². The molecular weight excluding hydrogens is 356 g/mol. The first-order chi connectivity index (χ1) is 12.5. The van der Waals surface area contributed by atoms with Gasteiger partial charge in [0.25, 0.3) is 0 Å². The number of carbonyl (C=O) groups excluding carboxylic acids is 1. The predicted octanol–water partition coefficient (Wildman–Crippen LogP) is 1.62. The molecule has 1 aromatic heterocycles. The molecule has 0 aliphatic heterocycles. The summed E-state index contributed by atoms with van der Waals surface area (Å²) >= 11 is 0. The Morgan fingerprint density at radius 2 is 1.92 bits per heavy atom. The molecule has 4 N–H and O–H groups in total. The molecule has 2 aromatic rings. The van der Waals surface area contributed by atoms with Gasteiger partial charge >= 0.3 is 6.03 Å². The van der Waals surface area contributed by atoms with Crippen LogP contribution in [-0.4, -0.2) is 38.2 Å². The third-order valence-electron chi connectivity index (χ3n) is 3.72. The molecule has 26 heavy (non-hydrogen) atoms. The van der Waals surface area contributed by atoms with Gasteiger partial charge in [0.2, 0.25) is 10.0 Å². The maximum Gasteiger partial charge on any atom is 0.320 e. The second kappa shape index (κ2) is 9.27. The maximum atomic E-state index is 12.2. The fourth-order valence-corrected chi connectivity index (χ4v) is 3.02. The van der Waals surface area contributed by atoms with Crippen molar-refractivity contribution in [3.63, 3.8) is 0 Å². The van der Waals surface area contributed by atoms with Gasteiger partial charge in [-0.3, -0.25) is 5.32 Å². The summed E-state index contributed by atoms with van der Waals surface area (Å²) in [5.74, 6) is 0.228. The number of anilines is 1. The highest BCUT2D eigenvalue weighted by Gasteiger charge is 2.15. The van der Waals surface area contributed by atoms with Gasteiger partial charge in [-0.05, 0) is 37.6 Å². The molecule has 0 saturated carbocycles. The highest BCUT2D eigenvalue weighted by molar-refractivity contribution is 7.89. The van der Waals surface area contributed by atoms with Crippen LogP contribution in [0, 0.1) is 0 Å². The van der Waals surface area contributed by atoms with Crippen molar-refractivity contribution in [1.29, 1.82) is 0 Å². The summed E-state index contributed by atoms with van der Waals surface area (Å²) in [4.78, 5) is 16.2. The number of hydrogen-bond donors (Lipinski definition) is 4. The lowest BCUT2D eigenvalue weighted by Gasteiger charge is -2.19. The van der Waals surface area contributed by atoms with Gasteiger partial charge < -0.3 is 10.4 Å². The minimum Gasteiger partial charge on any atom is -0.396 e. The lowest BCUT2D eigenvalue weighted by molar-refractivity contribution is 0.243. The molecule has 140 valence electrons. The topological polar surface area (TPSA) is 120 Å². The van der Waals surface area contributed by atoms with Crippen LogP contribution in [-0.2, 0) is 10.0 Å². The number of sulfonamides is 1. The van der Waals surface area contributed by atoms with Crippen molar-refractivity contribution < 1.29 is 18.3 Å². The lowest BCUT2D eigenvalue weighted by atomic mass is 10.0. The molecule has 0 aliphatic rings. The van der Waals surface area contributed by atoms with Gasteiger partial charge in [-0.25, -0.2) is 22.9 Å². The number of aliphatic hydroxyl groups excluding tert-OH is 1. The van der Waals surface area contributed by atoms with E-state index in [0.717, 1.165) is 5.56 Å². The number of nitrogens with one attached hydrogen (secondary N) is 3. The number of rotatable bonds is 8. The third kappa shape index (κ3) is 5.51. The second-order valence-electron chi connectivity index (χ2n) is 5.51. The summed E-state index contributed by atoms with van der Waals surface area (Å²) in [7, 11) is -2.26. The summed E-state index contributed by atoms with van der Waals surface area (Å²) in [6.45, 7) is 0.0373. The van der Waals surface area contributed by atoms with Crippen molar-refractivity contribution in [2.75, 3.05) is 19.0 Å². The van der Waals surface area contributed by atoms with E-state index < -0.39 is 16.1 Å². The lowest BCUT2D eigenvalue weighted by Crippen LogP contribution is -2.33. The molecule has 0 fully saturated rings. The predicted molar refractivity (Wildman–Crippen MR) is 98.1 cm³/mol. The number of aliphatic hydroxyl groups is 1. The van der Waals surface area contributed by atoms with Crippen molar-refractivity contribution in [1.82, 2.24) is 15.0 Å². The van der Waals surface area contributed by atoms with E-state index in [-0.39, 0.29) is 23.4 Å². The highest BCUT2D eigenvalue weighted by Crippen LogP contribution is 2.18. The normalized spacial score (nSPS) is 12.4. The number of nitrogens with zero attached hydrogens (tertiary/aromatic N) is 1. The van der Waals surface area contributed by atoms with Gasteiger partial charge in [0.1, 0.15) is 10.7 Å². The number of pyridine rings is 1. The zero-order valence-corrected chi connectivity index (χ0v) is 15.2. The Kier molecular flexibility index (Phi) is 7.07. The van der Waals surface area contributed by atoms with Crippen molar-refractivity contribution >= 4 is 21.9 Å². The fourth-order valence-electron chi connectivity index (χ4n) is 2.34. The zero-order chi connectivity index (χ0) is 19.0. The van der Waals surface area contributed by atoms with Crippen LogP contribution < -0.4 is 15.4 Å². The third-order valence-corrected chi connectivity index (χ3v) is 5.11. The Morgan fingerprint density at radius 3 is 2.50 bits per heavy atom. The van der Waals surface area contributed by atoms with Crippen LogP contribution >= 0.6 is 0 Å². The number of aromatic nitrogens is 1. The Hall–Kier alpha value is -2.49. The molecule has 0 saturated heterocycles. The van der Waals surface area contributed by atoms with E-state index in [0.29, 0.717) is 12.8 Å². The average molecular weight is 378 g/mol. The van der Waals surface area contributed by atoms with Crippen molar-refractivity contribution in [3.8, 4) is 0 Å². The summed E-state index contributed by atoms with van der Waals surface area (Å²) in [6, 6.07) is 11.5. The first-order valence-electron chi connectivity index (χ1n) is 8.09. The van der Waals surface area contributed by atoms with E-state index in [2.05, 4.69) is 20.3 Å². The number of amides is 2. The SMILES string of the molecule is CNS(=O)(=O)c1ccc(NC(=O)N[C@H](CCCO)c2ccccc2)nc1. The standard InChI is InChI=1S/C17H22N4O4S/c1-18-26(24,25)14-9-10-16(19-12-14)21-17(23)20-15(8-5-11-22)13-6-3-2-4-7-13/h2-4,6-7,9-10,12,15,18,22H,5,8,11H2,1H3,(H2,19,20,21,23)/t15-/m1/s1. The van der Waals surface area contributed by atoms with Crippen LogP contribution in [0.25, 0.3) is 0 Å². The van der Waals surface area contributed by atoms with Crippen LogP contribution in [0.1, 0.15) is 24.4 Å². The summed E-state index contributed by atoms with van der Waals surface area (Å²) < 4.78 is 25.5. The first-order valence-corrected chi connectivity index (χ1v) is 9.57. The molecule has 1 aromatic carbocycles. The smallest absolute Gasteiger partial charge is 0.320 e. The van der Waals surface area contributed by atoms with Crippen LogP contribution in [0.2, 0.25) is 0 Å². The molecule has 9 heteroatoms. The fraction of sp³-hybridized carbons (Fsp3) is 0.294. The van der Waals surface area contributed by atoms with Gasteiger partial charge in [0.05, 0.1) is 6.04 Å². The number of benzene rings is 1. The van der Waals surface area contributed by atoms with Crippen LogP contribution in [0.3, 0.4) is 0 Å². The second-order valence-corrected chi connectivity index (χ2v) is 7.40. The van der Waals surface area contributed by atoms with Gasteiger partial charge in [-0.1, -0.05) is 30.3 Å². The molecule has 1 atom stereocenters. The zero-order valence-electron chi connectivity index (χ0n) is 14.3. The molecule has 2 amide bonds. The van der Waals surface area contributed by atoms with Crippen LogP contribution in [0.4, 0.5) is 10.6 Å². The molecule has 0 unspecified atom stereocenters. The maximum absolute atomic E-state index is 12.2. The molecule has 0 bridgehead atoms. The van der Waals surface area contributed by atoms with Gasteiger partial charge in [0, 0.05) is 12.8 Å². The van der Waals surface area contributed by atoms with Crippen molar-refractivity contribution in [3.05, 3.63) is 54.2 Å². The minimum absolute atomic E-state index is 0.0102. The molecule has 2 rings (SSSR count). The molecule has 1 heterocycles. The molecule has 8 nitrogen and oxygen atoms in total. The minimum atomic E-state index is -3.57. The van der Waals surface area contributed by atoms with Crippen LogP contribution in [0.15, 0.2) is 53.6 Å². The van der Waals surface area contributed by atoms with E-state index in [4.69, 9.17) is 5.11 Å². The van der Waals surface area contributed by atoms with Gasteiger partial charge in [-0.15, -0.1) is 0 Å². The quantitative estimate of drug-likeness (QED) is 0.556. The van der Waals surface area contributed by atoms with Crippen molar-refractivity contribution in [2.45, 2.75) is 23.8 Å². The van der Waals surface area contributed by atoms with E-state index in [1.165, 1.54) is 25.4 Å². The van der Waals surface area contributed by atoms with Gasteiger partial charge in [0.15, 0.2) is 0 Å². The molecule has 0 spiro atoms. The van der Waals surface area contributed by atoms with E-state index in [1.54, 1.807) is 0 Å². The monoisotopic (exact) mass is 378 g/mol. The average Bonchev–Trinajstić information content (AvgIpc) is 2.66. The number of hydrogen-bond acceptors (Lipinski definition) is 5. The summed E-state index contributed by atoms with van der Waals surface area (Å²) in [6.07, 6.45) is 2.30. The van der Waals surface area contributed by atoms with E-state index in [9.17, 15) is 13.2 Å². The Balaban J connectivity index is 2.03. The molecule has 0 radical (unpaired) electrons. The first kappa shape index (κ1) is 19.8. The van der Waals surface area contributed by atoms with E-state index in [1.807, 2.05) is 30.3 Å².